The Hall–Kier alpha value is -1.35. The highest BCUT2D eigenvalue weighted by Crippen LogP contribution is 2.42. The van der Waals surface area contributed by atoms with Crippen LogP contribution in [0.2, 0.25) is 0 Å². The van der Waals surface area contributed by atoms with Crippen molar-refractivity contribution in [3.05, 3.63) is 29.3 Å². The number of hydrogen-bond donors (Lipinski definition) is 0. The third-order valence-electron chi connectivity index (χ3n) is 4.67. The Morgan fingerprint density at radius 1 is 1.35 bits per heavy atom. The van der Waals surface area contributed by atoms with Gasteiger partial charge in [0.1, 0.15) is 5.75 Å². The summed E-state index contributed by atoms with van der Waals surface area (Å²) in [5, 5.41) is 0. The van der Waals surface area contributed by atoms with Crippen molar-refractivity contribution in [2.24, 2.45) is 0 Å². The first-order valence-electron chi connectivity index (χ1n) is 7.48. The first kappa shape index (κ1) is 15.0. The van der Waals surface area contributed by atoms with Crippen LogP contribution in [-0.2, 0) is 16.6 Å². The van der Waals surface area contributed by atoms with Crippen LogP contribution in [-0.4, -0.2) is 37.4 Å². The second-order valence-corrected chi connectivity index (χ2v) is 5.67. The number of carbonyl (C=O) groups is 1. The van der Waals surface area contributed by atoms with Crippen molar-refractivity contribution in [2.45, 2.75) is 45.1 Å². The quantitative estimate of drug-likeness (QED) is 0.789. The molecule has 0 amide bonds. The molecule has 3 nitrogen and oxygen atoms in total. The minimum Gasteiger partial charge on any atom is -0.497 e. The van der Waals surface area contributed by atoms with Crippen molar-refractivity contribution in [3.63, 3.8) is 0 Å². The molecule has 1 aliphatic heterocycles. The number of ether oxygens (including phenoxy) is 1. The van der Waals surface area contributed by atoms with Crippen molar-refractivity contribution in [2.75, 3.05) is 20.7 Å². The van der Waals surface area contributed by atoms with E-state index in [4.69, 9.17) is 4.74 Å². The summed E-state index contributed by atoms with van der Waals surface area (Å²) < 4.78 is 5.30. The van der Waals surface area contributed by atoms with Crippen molar-refractivity contribution in [1.29, 1.82) is 0 Å². The number of nitrogens with zero attached hydrogens (tertiary/aromatic N) is 1. The van der Waals surface area contributed by atoms with E-state index in [-0.39, 0.29) is 11.5 Å². The number of methoxy groups -OCH3 is 1. The van der Waals surface area contributed by atoms with Crippen LogP contribution < -0.4 is 4.74 Å². The smallest absolute Gasteiger partial charge is 0.160 e. The number of piperidine rings is 1. The Kier molecular flexibility index (Phi) is 4.19. The number of rotatable bonds is 1. The van der Waals surface area contributed by atoms with Gasteiger partial charge in [-0.05, 0) is 56.6 Å². The maximum Gasteiger partial charge on any atom is 0.160 e. The van der Waals surface area contributed by atoms with E-state index in [1.54, 1.807) is 7.11 Å². The fourth-order valence-corrected chi connectivity index (χ4v) is 3.35. The van der Waals surface area contributed by atoms with Crippen LogP contribution in [0.4, 0.5) is 0 Å². The molecule has 1 aromatic carbocycles. The van der Waals surface area contributed by atoms with Gasteiger partial charge in [-0.2, -0.15) is 0 Å². The van der Waals surface area contributed by atoms with Gasteiger partial charge in [-0.1, -0.05) is 19.9 Å². The minimum atomic E-state index is -0.320. The number of ketones is 1. The molecule has 1 saturated heterocycles. The van der Waals surface area contributed by atoms with Crippen LogP contribution in [0.1, 0.15) is 38.3 Å². The maximum atomic E-state index is 12.6. The molecule has 2 aliphatic rings. The zero-order chi connectivity index (χ0) is 14.9. The van der Waals surface area contributed by atoms with Gasteiger partial charge in [-0.15, -0.1) is 0 Å². The Labute approximate surface area is 121 Å². The fraction of sp³-hybridized carbons (Fsp3) is 0.588. The average molecular weight is 275 g/mol. The Balaban J connectivity index is 0.000000704. The summed E-state index contributed by atoms with van der Waals surface area (Å²) in [6.07, 6.45) is 1.74. The molecule has 0 spiro atoms. The summed E-state index contributed by atoms with van der Waals surface area (Å²) in [7, 11) is 3.73. The summed E-state index contributed by atoms with van der Waals surface area (Å²) in [5.74, 6) is 1.22. The lowest BCUT2D eigenvalue weighted by Crippen LogP contribution is -2.58. The molecule has 1 aromatic rings. The molecule has 2 bridgehead atoms. The Bertz CT molecular complexity index is 512. The minimum absolute atomic E-state index is 0.0599. The standard InChI is InChI=1S/C15H19NO2.C2H6/c1-15-6-7-16(2)13(14(15)17)8-10-4-5-11(18-3)9-12(10)15;1-2/h4-5,9,13H,6-8H2,1-3H3;1-2H3/t13?,15-;/m0./s1. The van der Waals surface area contributed by atoms with Gasteiger partial charge < -0.3 is 4.74 Å². The molecule has 1 fully saturated rings. The van der Waals surface area contributed by atoms with Crippen molar-refractivity contribution < 1.29 is 9.53 Å². The molecule has 0 aromatic heterocycles. The van der Waals surface area contributed by atoms with Crippen LogP contribution in [0.5, 0.6) is 5.75 Å². The molecular formula is C17H25NO2. The molecule has 2 atom stereocenters. The van der Waals surface area contributed by atoms with Crippen molar-refractivity contribution >= 4 is 5.78 Å². The summed E-state index contributed by atoms with van der Waals surface area (Å²) in [5.41, 5.74) is 2.16. The normalized spacial score (nSPS) is 28.2. The van der Waals surface area contributed by atoms with E-state index in [1.807, 2.05) is 19.9 Å². The summed E-state index contributed by atoms with van der Waals surface area (Å²) >= 11 is 0. The van der Waals surface area contributed by atoms with Crippen LogP contribution >= 0.6 is 0 Å². The highest BCUT2D eigenvalue weighted by atomic mass is 16.5. The predicted octanol–water partition coefficient (Wildman–Crippen LogP) is 2.81. The average Bonchev–Trinajstić information content (AvgIpc) is 2.49. The van der Waals surface area contributed by atoms with Gasteiger partial charge in [-0.3, -0.25) is 9.69 Å². The van der Waals surface area contributed by atoms with Crippen molar-refractivity contribution in [1.82, 2.24) is 4.90 Å². The molecule has 3 rings (SSSR count). The Morgan fingerprint density at radius 3 is 2.70 bits per heavy atom. The molecule has 0 saturated carbocycles. The van der Waals surface area contributed by atoms with Gasteiger partial charge in [0.05, 0.1) is 18.6 Å². The zero-order valence-electron chi connectivity index (χ0n) is 13.2. The lowest BCUT2D eigenvalue weighted by molar-refractivity contribution is -0.133. The molecule has 3 heteroatoms. The summed E-state index contributed by atoms with van der Waals surface area (Å²) in [6.45, 7) is 7.08. The first-order chi connectivity index (χ1) is 9.56. The first-order valence-corrected chi connectivity index (χ1v) is 7.48. The number of likely N-dealkylation sites (N-methyl/N-ethyl adjacent to an activating group) is 1. The van der Waals surface area contributed by atoms with Crippen LogP contribution in [0.3, 0.4) is 0 Å². The highest BCUT2D eigenvalue weighted by molar-refractivity contribution is 5.97. The van der Waals surface area contributed by atoms with Gasteiger partial charge in [0.2, 0.25) is 0 Å². The topological polar surface area (TPSA) is 29.5 Å². The molecular weight excluding hydrogens is 250 g/mol. The van der Waals surface area contributed by atoms with Crippen LogP contribution in [0.15, 0.2) is 18.2 Å². The Morgan fingerprint density at radius 2 is 2.05 bits per heavy atom. The maximum absolute atomic E-state index is 12.6. The van der Waals surface area contributed by atoms with E-state index in [9.17, 15) is 4.79 Å². The zero-order valence-corrected chi connectivity index (χ0v) is 13.2. The van der Waals surface area contributed by atoms with E-state index in [0.29, 0.717) is 5.78 Å². The van der Waals surface area contributed by atoms with Gasteiger partial charge >= 0.3 is 0 Å². The fourth-order valence-electron chi connectivity index (χ4n) is 3.35. The van der Waals surface area contributed by atoms with Crippen molar-refractivity contribution in [3.8, 4) is 5.75 Å². The number of likely N-dealkylation sites (tertiary alicyclic amines) is 1. The number of Topliss-reactive ketones (excluding diaryl/α,β-unsaturated/α-hetero) is 1. The molecule has 0 radical (unpaired) electrons. The lowest BCUT2D eigenvalue weighted by atomic mass is 9.64. The molecule has 1 heterocycles. The predicted molar refractivity (Wildman–Crippen MR) is 81.4 cm³/mol. The largest absolute Gasteiger partial charge is 0.497 e. The SMILES string of the molecule is CC.COc1ccc2c(c1)[C@]1(C)CCN(C)C(C2)C1=O. The van der Waals surface area contributed by atoms with E-state index < -0.39 is 0 Å². The third-order valence-corrected chi connectivity index (χ3v) is 4.67. The van der Waals surface area contributed by atoms with E-state index in [1.165, 1.54) is 11.1 Å². The van der Waals surface area contributed by atoms with E-state index in [0.717, 1.165) is 25.1 Å². The second kappa shape index (κ2) is 5.57. The van der Waals surface area contributed by atoms with E-state index >= 15 is 0 Å². The van der Waals surface area contributed by atoms with Gasteiger partial charge in [0.25, 0.3) is 0 Å². The van der Waals surface area contributed by atoms with Gasteiger partial charge in [-0.25, -0.2) is 0 Å². The molecule has 110 valence electrons. The third kappa shape index (κ3) is 2.14. The lowest BCUT2D eigenvalue weighted by Gasteiger charge is -2.47. The number of benzene rings is 1. The second-order valence-electron chi connectivity index (χ2n) is 5.67. The molecule has 1 aliphatic carbocycles. The van der Waals surface area contributed by atoms with Crippen LogP contribution in [0.25, 0.3) is 0 Å². The number of fused-ring (bicyclic) bond motifs is 4. The number of hydrogen-bond acceptors (Lipinski definition) is 3. The monoisotopic (exact) mass is 275 g/mol. The molecule has 1 unspecified atom stereocenters. The summed E-state index contributed by atoms with van der Waals surface area (Å²) in [6, 6.07) is 6.22. The van der Waals surface area contributed by atoms with Crippen LogP contribution in [0, 0.1) is 0 Å². The summed E-state index contributed by atoms with van der Waals surface area (Å²) in [4.78, 5) is 14.8. The highest BCUT2D eigenvalue weighted by Gasteiger charge is 2.49. The molecule has 20 heavy (non-hydrogen) atoms. The van der Waals surface area contributed by atoms with Gasteiger partial charge in [0.15, 0.2) is 5.78 Å². The van der Waals surface area contributed by atoms with Gasteiger partial charge in [0, 0.05) is 0 Å². The molecule has 0 N–H and O–H groups in total. The number of carbonyl (C=O) groups excluding carboxylic acids is 1. The van der Waals surface area contributed by atoms with E-state index in [2.05, 4.69) is 31.0 Å².